The summed E-state index contributed by atoms with van der Waals surface area (Å²) in [6.07, 6.45) is 1.75. The van der Waals surface area contributed by atoms with E-state index in [1.54, 1.807) is 16.7 Å². The summed E-state index contributed by atoms with van der Waals surface area (Å²) in [7, 11) is 0. The molecule has 4 heterocycles. The highest BCUT2D eigenvalue weighted by molar-refractivity contribution is 7.15. The largest absolute Gasteiger partial charge is 0.336 e. The fourth-order valence-corrected chi connectivity index (χ4v) is 5.33. The number of aromatic nitrogens is 3. The van der Waals surface area contributed by atoms with Gasteiger partial charge in [0, 0.05) is 61.3 Å². The second-order valence-corrected chi connectivity index (χ2v) is 9.52. The van der Waals surface area contributed by atoms with Crippen molar-refractivity contribution in [3.8, 4) is 11.3 Å². The molecule has 0 bridgehead atoms. The third-order valence-electron chi connectivity index (χ3n) is 6.42. The van der Waals surface area contributed by atoms with Crippen LogP contribution in [0.1, 0.15) is 16.1 Å². The van der Waals surface area contributed by atoms with Crippen LogP contribution in [0.15, 0.2) is 83.1 Å². The number of hydrogen-bond acceptors (Lipinski definition) is 6. The third kappa shape index (κ3) is 4.22. The van der Waals surface area contributed by atoms with Crippen molar-refractivity contribution in [2.24, 2.45) is 0 Å². The molecule has 7 nitrogen and oxygen atoms in total. The molecule has 1 saturated heterocycles. The molecular formula is C27H23N5O2S. The first-order valence-electron chi connectivity index (χ1n) is 11.6. The van der Waals surface area contributed by atoms with Crippen LogP contribution in [0.2, 0.25) is 0 Å². The van der Waals surface area contributed by atoms with Gasteiger partial charge < -0.3 is 4.90 Å². The minimum atomic E-state index is -0.0566. The van der Waals surface area contributed by atoms with E-state index in [4.69, 9.17) is 4.98 Å². The summed E-state index contributed by atoms with van der Waals surface area (Å²) in [5, 5.41) is 2.73. The Morgan fingerprint density at radius 2 is 1.69 bits per heavy atom. The molecule has 2 aromatic carbocycles. The Morgan fingerprint density at radius 1 is 0.914 bits per heavy atom. The van der Waals surface area contributed by atoms with Crippen molar-refractivity contribution in [1.29, 1.82) is 0 Å². The quantitative estimate of drug-likeness (QED) is 0.389. The topological polar surface area (TPSA) is 70.8 Å². The zero-order chi connectivity index (χ0) is 23.8. The number of carbonyl (C=O) groups is 1. The second-order valence-electron chi connectivity index (χ2n) is 8.65. The molecule has 1 fully saturated rings. The van der Waals surface area contributed by atoms with Crippen LogP contribution in [0.3, 0.4) is 0 Å². The first kappa shape index (κ1) is 21.6. The van der Waals surface area contributed by atoms with Crippen LogP contribution in [-0.2, 0) is 6.54 Å². The summed E-state index contributed by atoms with van der Waals surface area (Å²) in [5.41, 5.74) is 4.00. The molecule has 0 N–H and O–H groups in total. The van der Waals surface area contributed by atoms with Crippen LogP contribution >= 0.6 is 11.3 Å². The monoisotopic (exact) mass is 481 g/mol. The fourth-order valence-electron chi connectivity index (χ4n) is 4.59. The molecule has 0 unspecified atom stereocenters. The van der Waals surface area contributed by atoms with Crippen LogP contribution in [0.5, 0.6) is 0 Å². The molecule has 0 radical (unpaired) electrons. The van der Waals surface area contributed by atoms with E-state index in [9.17, 15) is 9.59 Å². The number of para-hydroxylation sites is 1. The average Bonchev–Trinajstić information content (AvgIpc) is 3.38. The minimum Gasteiger partial charge on any atom is -0.336 e. The number of benzene rings is 2. The third-order valence-corrected chi connectivity index (χ3v) is 7.17. The summed E-state index contributed by atoms with van der Waals surface area (Å²) in [4.78, 5) is 40.2. The number of piperazine rings is 1. The Bertz CT molecular complexity index is 1590. The van der Waals surface area contributed by atoms with Gasteiger partial charge in [0.2, 0.25) is 0 Å². The highest BCUT2D eigenvalue weighted by Crippen LogP contribution is 2.26. The predicted molar refractivity (Wildman–Crippen MR) is 138 cm³/mol. The molecule has 3 aromatic heterocycles. The van der Waals surface area contributed by atoms with Gasteiger partial charge in [0.05, 0.1) is 22.5 Å². The van der Waals surface area contributed by atoms with Gasteiger partial charge in [-0.1, -0.05) is 48.5 Å². The highest BCUT2D eigenvalue weighted by Gasteiger charge is 2.25. The van der Waals surface area contributed by atoms with E-state index in [2.05, 4.69) is 9.88 Å². The molecule has 0 atom stereocenters. The lowest BCUT2D eigenvalue weighted by Crippen LogP contribution is -2.48. The SMILES string of the molecule is O=C(c1cc(-c2ccccc2)nc2ccccc12)N1CCN(Cc2cc(=O)n3ccsc3n2)CC1. The molecule has 6 rings (SSSR count). The number of nitrogens with zero attached hydrogens (tertiary/aromatic N) is 5. The first-order valence-corrected chi connectivity index (χ1v) is 12.5. The van der Waals surface area contributed by atoms with Crippen molar-refractivity contribution in [2.75, 3.05) is 26.2 Å². The maximum atomic E-state index is 13.6. The number of hydrogen-bond donors (Lipinski definition) is 0. The normalized spacial score (nSPS) is 14.6. The van der Waals surface area contributed by atoms with Gasteiger partial charge in [-0.3, -0.25) is 18.9 Å². The summed E-state index contributed by atoms with van der Waals surface area (Å²) in [6, 6.07) is 21.3. The van der Waals surface area contributed by atoms with Crippen LogP contribution in [0.4, 0.5) is 0 Å². The fraction of sp³-hybridized carbons (Fsp3) is 0.185. The molecule has 1 amide bonds. The molecule has 0 saturated carbocycles. The predicted octanol–water partition coefficient (Wildman–Crippen LogP) is 3.93. The van der Waals surface area contributed by atoms with Crippen LogP contribution in [-0.4, -0.2) is 56.3 Å². The smallest absolute Gasteiger partial charge is 0.258 e. The molecule has 0 spiro atoms. The van der Waals surface area contributed by atoms with Crippen molar-refractivity contribution in [2.45, 2.75) is 6.54 Å². The second kappa shape index (κ2) is 9.05. The summed E-state index contributed by atoms with van der Waals surface area (Å²) >= 11 is 1.46. The number of carbonyl (C=O) groups excluding carboxylic acids is 1. The lowest BCUT2D eigenvalue weighted by atomic mass is 10.0. The first-order chi connectivity index (χ1) is 17.2. The van der Waals surface area contributed by atoms with Gasteiger partial charge in [0.25, 0.3) is 11.5 Å². The Hall–Kier alpha value is -3.88. The van der Waals surface area contributed by atoms with Crippen molar-refractivity contribution in [3.63, 3.8) is 0 Å². The van der Waals surface area contributed by atoms with Gasteiger partial charge in [-0.15, -0.1) is 11.3 Å². The number of thiazole rings is 1. The summed E-state index contributed by atoms with van der Waals surface area (Å²) < 4.78 is 1.56. The van der Waals surface area contributed by atoms with Gasteiger partial charge >= 0.3 is 0 Å². The molecular weight excluding hydrogens is 458 g/mol. The number of fused-ring (bicyclic) bond motifs is 2. The van der Waals surface area contributed by atoms with E-state index in [0.29, 0.717) is 30.2 Å². The van der Waals surface area contributed by atoms with Crippen molar-refractivity contribution in [1.82, 2.24) is 24.2 Å². The molecule has 174 valence electrons. The maximum Gasteiger partial charge on any atom is 0.258 e. The minimum absolute atomic E-state index is 0.0248. The molecule has 1 aliphatic rings. The van der Waals surface area contributed by atoms with Crippen LogP contribution in [0, 0.1) is 0 Å². The molecule has 0 aliphatic carbocycles. The molecule has 8 heteroatoms. The highest BCUT2D eigenvalue weighted by atomic mass is 32.1. The van der Waals surface area contributed by atoms with E-state index < -0.39 is 0 Å². The van der Waals surface area contributed by atoms with E-state index >= 15 is 0 Å². The lowest BCUT2D eigenvalue weighted by molar-refractivity contribution is 0.0629. The maximum absolute atomic E-state index is 13.6. The zero-order valence-electron chi connectivity index (χ0n) is 19.0. The lowest BCUT2D eigenvalue weighted by Gasteiger charge is -2.34. The Kier molecular flexibility index (Phi) is 5.60. The molecule has 1 aliphatic heterocycles. The van der Waals surface area contributed by atoms with Crippen LogP contribution in [0.25, 0.3) is 27.1 Å². The van der Waals surface area contributed by atoms with Crippen molar-refractivity contribution in [3.05, 3.63) is 99.9 Å². The van der Waals surface area contributed by atoms with E-state index in [1.165, 1.54) is 11.3 Å². The number of rotatable bonds is 4. The van der Waals surface area contributed by atoms with Gasteiger partial charge in [0.1, 0.15) is 0 Å². The van der Waals surface area contributed by atoms with E-state index in [0.717, 1.165) is 40.9 Å². The Balaban J connectivity index is 1.22. The van der Waals surface area contributed by atoms with Gasteiger partial charge in [-0.25, -0.2) is 9.97 Å². The summed E-state index contributed by atoms with van der Waals surface area (Å²) in [5.74, 6) is 0.0248. The Labute approximate surface area is 205 Å². The molecule has 5 aromatic rings. The average molecular weight is 482 g/mol. The van der Waals surface area contributed by atoms with Gasteiger partial charge in [-0.2, -0.15) is 0 Å². The van der Waals surface area contributed by atoms with Crippen LogP contribution < -0.4 is 5.56 Å². The van der Waals surface area contributed by atoms with Crippen molar-refractivity contribution >= 4 is 33.1 Å². The van der Waals surface area contributed by atoms with Gasteiger partial charge in [-0.05, 0) is 12.1 Å². The van der Waals surface area contributed by atoms with Crippen molar-refractivity contribution < 1.29 is 4.79 Å². The zero-order valence-corrected chi connectivity index (χ0v) is 19.8. The van der Waals surface area contributed by atoms with E-state index in [-0.39, 0.29) is 11.5 Å². The van der Waals surface area contributed by atoms with Gasteiger partial charge in [0.15, 0.2) is 4.96 Å². The Morgan fingerprint density at radius 3 is 2.51 bits per heavy atom. The number of pyridine rings is 1. The van der Waals surface area contributed by atoms with E-state index in [1.807, 2.05) is 70.9 Å². The molecule has 35 heavy (non-hydrogen) atoms. The standard InChI is InChI=1S/C27H23N5O2S/c33-25-16-20(28-27-32(25)14-15-35-27)18-30-10-12-31(13-11-30)26(34)22-17-24(19-6-2-1-3-7-19)29-23-9-5-4-8-21(22)23/h1-9,14-17H,10-13,18H2. The number of amides is 1. The summed E-state index contributed by atoms with van der Waals surface area (Å²) in [6.45, 7) is 3.30.